The Kier molecular flexibility index (Phi) is 5.01. The summed E-state index contributed by atoms with van der Waals surface area (Å²) in [4.78, 5) is 10.3. The van der Waals surface area contributed by atoms with E-state index in [9.17, 15) is 10.1 Å². The van der Waals surface area contributed by atoms with Crippen LogP contribution in [0.2, 0.25) is 0 Å². The molecule has 0 aliphatic carbocycles. The van der Waals surface area contributed by atoms with Crippen LogP contribution in [0.4, 0.5) is 5.69 Å². The topological polar surface area (TPSA) is 55.2 Å². The average Bonchev–Trinajstić information content (AvgIpc) is 2.40. The summed E-state index contributed by atoms with van der Waals surface area (Å²) in [6.45, 7) is 1.70. The highest BCUT2D eigenvalue weighted by molar-refractivity contribution is 7.99. The molecule has 98 valence electrons. The maximum atomic E-state index is 10.7. The van der Waals surface area contributed by atoms with Crippen molar-refractivity contribution in [2.24, 2.45) is 0 Å². The molecule has 5 heteroatoms. The third-order valence-electron chi connectivity index (χ3n) is 3.10. The van der Waals surface area contributed by atoms with Gasteiger partial charge < -0.3 is 5.32 Å². The molecule has 1 aromatic rings. The van der Waals surface area contributed by atoms with Gasteiger partial charge in [0.15, 0.2) is 0 Å². The molecule has 0 bridgehead atoms. The second-order valence-electron chi connectivity index (χ2n) is 4.55. The zero-order valence-electron chi connectivity index (χ0n) is 10.3. The Labute approximate surface area is 111 Å². The highest BCUT2D eigenvalue weighted by atomic mass is 32.2. The van der Waals surface area contributed by atoms with Crippen LogP contribution < -0.4 is 5.32 Å². The van der Waals surface area contributed by atoms with E-state index in [0.717, 1.165) is 12.1 Å². The molecular formula is C13H18N2O2S. The molecule has 1 aromatic carbocycles. The summed E-state index contributed by atoms with van der Waals surface area (Å²) < 4.78 is 0. The molecule has 1 saturated heterocycles. The van der Waals surface area contributed by atoms with Gasteiger partial charge in [0.05, 0.1) is 4.92 Å². The first-order valence-corrected chi connectivity index (χ1v) is 7.36. The lowest BCUT2D eigenvalue weighted by Gasteiger charge is -2.21. The van der Waals surface area contributed by atoms with E-state index in [1.165, 1.54) is 31.1 Å². The van der Waals surface area contributed by atoms with E-state index in [1.54, 1.807) is 12.1 Å². The van der Waals surface area contributed by atoms with Crippen molar-refractivity contribution in [2.45, 2.75) is 31.1 Å². The fourth-order valence-electron chi connectivity index (χ4n) is 2.13. The standard InChI is InChI=1S/C13H18N2O2S/c16-15(17)12-5-3-4-11(8-12)9-14-10-13-6-1-2-7-18-13/h3-5,8,13-14H,1-2,6-7,9-10H2. The first kappa shape index (κ1) is 13.4. The van der Waals surface area contributed by atoms with Crippen molar-refractivity contribution < 1.29 is 4.92 Å². The number of nitro benzene ring substituents is 1. The monoisotopic (exact) mass is 266 g/mol. The fraction of sp³-hybridized carbons (Fsp3) is 0.538. The lowest BCUT2D eigenvalue weighted by Crippen LogP contribution is -2.26. The minimum atomic E-state index is -0.347. The largest absolute Gasteiger partial charge is 0.312 e. The first-order chi connectivity index (χ1) is 8.75. The van der Waals surface area contributed by atoms with Gasteiger partial charge >= 0.3 is 0 Å². The van der Waals surface area contributed by atoms with Crippen LogP contribution in [-0.4, -0.2) is 22.5 Å². The second-order valence-corrected chi connectivity index (χ2v) is 5.95. The van der Waals surface area contributed by atoms with Gasteiger partial charge in [0.25, 0.3) is 5.69 Å². The van der Waals surface area contributed by atoms with Gasteiger partial charge in [-0.15, -0.1) is 0 Å². The van der Waals surface area contributed by atoms with Gasteiger partial charge in [-0.1, -0.05) is 18.6 Å². The number of nitro groups is 1. The van der Waals surface area contributed by atoms with Crippen LogP contribution in [0.15, 0.2) is 24.3 Å². The number of hydrogen-bond donors (Lipinski definition) is 1. The average molecular weight is 266 g/mol. The van der Waals surface area contributed by atoms with Gasteiger partial charge in [0.2, 0.25) is 0 Å². The van der Waals surface area contributed by atoms with Crippen molar-refractivity contribution in [3.63, 3.8) is 0 Å². The highest BCUT2D eigenvalue weighted by Gasteiger charge is 2.13. The Bertz CT molecular complexity index is 406. The number of nitrogens with zero attached hydrogens (tertiary/aromatic N) is 1. The SMILES string of the molecule is O=[N+]([O-])c1cccc(CNCC2CCCCS2)c1. The molecule has 1 aliphatic heterocycles. The van der Waals surface area contributed by atoms with Crippen LogP contribution in [0, 0.1) is 10.1 Å². The molecule has 0 amide bonds. The van der Waals surface area contributed by atoms with E-state index >= 15 is 0 Å². The van der Waals surface area contributed by atoms with Crippen molar-refractivity contribution in [1.29, 1.82) is 0 Å². The Hall–Kier alpha value is -1.07. The molecule has 1 heterocycles. The molecule has 0 radical (unpaired) electrons. The Morgan fingerprint density at radius 1 is 1.44 bits per heavy atom. The molecule has 0 aromatic heterocycles. The maximum Gasteiger partial charge on any atom is 0.269 e. The summed E-state index contributed by atoms with van der Waals surface area (Å²) >= 11 is 2.04. The minimum absolute atomic E-state index is 0.168. The van der Waals surface area contributed by atoms with Crippen molar-refractivity contribution in [3.8, 4) is 0 Å². The van der Waals surface area contributed by atoms with Crippen LogP contribution in [-0.2, 0) is 6.54 Å². The van der Waals surface area contributed by atoms with Crippen LogP contribution in [0.25, 0.3) is 0 Å². The van der Waals surface area contributed by atoms with E-state index < -0.39 is 0 Å². The van der Waals surface area contributed by atoms with Gasteiger partial charge in [-0.2, -0.15) is 11.8 Å². The smallest absolute Gasteiger partial charge is 0.269 e. The summed E-state index contributed by atoms with van der Waals surface area (Å²) in [7, 11) is 0. The number of nitrogens with one attached hydrogen (secondary N) is 1. The summed E-state index contributed by atoms with van der Waals surface area (Å²) in [6, 6.07) is 6.83. The van der Waals surface area contributed by atoms with E-state index in [-0.39, 0.29) is 10.6 Å². The normalized spacial score (nSPS) is 19.7. The predicted molar refractivity (Wildman–Crippen MR) is 74.9 cm³/mol. The number of hydrogen-bond acceptors (Lipinski definition) is 4. The summed E-state index contributed by atoms with van der Waals surface area (Å²) in [5.74, 6) is 1.27. The van der Waals surface area contributed by atoms with Crippen LogP contribution in [0.1, 0.15) is 24.8 Å². The molecule has 2 rings (SSSR count). The summed E-state index contributed by atoms with van der Waals surface area (Å²) in [5.41, 5.74) is 1.14. The van der Waals surface area contributed by atoms with Gasteiger partial charge in [-0.3, -0.25) is 10.1 Å². The highest BCUT2D eigenvalue weighted by Crippen LogP contribution is 2.24. The van der Waals surface area contributed by atoms with E-state index in [2.05, 4.69) is 5.32 Å². The number of non-ortho nitro benzene ring substituents is 1. The molecule has 4 nitrogen and oxygen atoms in total. The van der Waals surface area contributed by atoms with Crippen LogP contribution in [0.5, 0.6) is 0 Å². The molecule has 1 N–H and O–H groups in total. The van der Waals surface area contributed by atoms with Crippen molar-refractivity contribution in [1.82, 2.24) is 5.32 Å². The molecule has 1 fully saturated rings. The van der Waals surface area contributed by atoms with E-state index in [1.807, 2.05) is 17.8 Å². The Morgan fingerprint density at radius 3 is 3.06 bits per heavy atom. The number of benzene rings is 1. The Balaban J connectivity index is 1.78. The molecular weight excluding hydrogens is 248 g/mol. The van der Waals surface area contributed by atoms with Gasteiger partial charge in [0, 0.05) is 30.5 Å². The predicted octanol–water partition coefficient (Wildman–Crippen LogP) is 2.97. The molecule has 18 heavy (non-hydrogen) atoms. The summed E-state index contributed by atoms with van der Waals surface area (Å²) in [6.07, 6.45) is 3.95. The fourth-order valence-corrected chi connectivity index (χ4v) is 3.40. The van der Waals surface area contributed by atoms with E-state index in [0.29, 0.717) is 11.8 Å². The van der Waals surface area contributed by atoms with Crippen LogP contribution >= 0.6 is 11.8 Å². The van der Waals surface area contributed by atoms with Crippen molar-refractivity contribution in [3.05, 3.63) is 39.9 Å². The number of rotatable bonds is 5. The second kappa shape index (κ2) is 6.75. The zero-order chi connectivity index (χ0) is 12.8. The molecule has 1 unspecified atom stereocenters. The molecule has 1 atom stereocenters. The third kappa shape index (κ3) is 3.99. The zero-order valence-corrected chi connectivity index (χ0v) is 11.1. The lowest BCUT2D eigenvalue weighted by molar-refractivity contribution is -0.384. The molecule has 0 saturated carbocycles. The van der Waals surface area contributed by atoms with Gasteiger partial charge in [-0.05, 0) is 24.2 Å². The minimum Gasteiger partial charge on any atom is -0.312 e. The van der Waals surface area contributed by atoms with Crippen molar-refractivity contribution >= 4 is 17.4 Å². The van der Waals surface area contributed by atoms with Crippen molar-refractivity contribution in [2.75, 3.05) is 12.3 Å². The summed E-state index contributed by atoms with van der Waals surface area (Å²) in [5, 5.41) is 14.8. The number of thioether (sulfide) groups is 1. The molecule has 0 spiro atoms. The van der Waals surface area contributed by atoms with Gasteiger partial charge in [0.1, 0.15) is 0 Å². The lowest BCUT2D eigenvalue weighted by atomic mass is 10.1. The van der Waals surface area contributed by atoms with E-state index in [4.69, 9.17) is 0 Å². The van der Waals surface area contributed by atoms with Crippen LogP contribution in [0.3, 0.4) is 0 Å². The first-order valence-electron chi connectivity index (χ1n) is 6.31. The molecule has 1 aliphatic rings. The maximum absolute atomic E-state index is 10.7. The Morgan fingerprint density at radius 2 is 2.33 bits per heavy atom. The van der Waals surface area contributed by atoms with Gasteiger partial charge in [-0.25, -0.2) is 0 Å². The quantitative estimate of drug-likeness (QED) is 0.657. The third-order valence-corrected chi connectivity index (χ3v) is 4.49.